The summed E-state index contributed by atoms with van der Waals surface area (Å²) in [5.74, 6) is 0.669. The number of hydrogen-bond donors (Lipinski definition) is 0. The van der Waals surface area contributed by atoms with Gasteiger partial charge in [0.05, 0.1) is 22.4 Å². The minimum atomic E-state index is 0.669. The van der Waals surface area contributed by atoms with Crippen LogP contribution in [0.3, 0.4) is 0 Å². The van der Waals surface area contributed by atoms with Crippen LogP contribution in [0.5, 0.6) is 0 Å². The zero-order valence-electron chi connectivity index (χ0n) is 24.7. The Labute approximate surface area is 268 Å². The van der Waals surface area contributed by atoms with Crippen LogP contribution in [0.1, 0.15) is 0 Å². The molecular weight excluding hydrogens is 579 g/mol. The van der Waals surface area contributed by atoms with Gasteiger partial charge in [-0.15, -0.1) is 11.3 Å². The summed E-state index contributed by atoms with van der Waals surface area (Å²) in [7, 11) is 0. The summed E-state index contributed by atoms with van der Waals surface area (Å²) < 4.78 is 4.91. The Kier molecular flexibility index (Phi) is 5.45. The molecule has 0 amide bonds. The first-order valence-electron chi connectivity index (χ1n) is 15.5. The van der Waals surface area contributed by atoms with Crippen LogP contribution >= 0.6 is 11.3 Å². The second-order valence-electron chi connectivity index (χ2n) is 11.8. The van der Waals surface area contributed by atoms with Gasteiger partial charge in [0, 0.05) is 47.5 Å². The van der Waals surface area contributed by atoms with Crippen molar-refractivity contribution in [2.75, 3.05) is 0 Å². The molecule has 0 atom stereocenters. The van der Waals surface area contributed by atoms with E-state index in [0.29, 0.717) is 5.95 Å². The second-order valence-corrected chi connectivity index (χ2v) is 12.8. The molecule has 0 aliphatic heterocycles. The molecular formula is C42H25N3S. The van der Waals surface area contributed by atoms with E-state index in [1.54, 1.807) is 0 Å². The highest BCUT2D eigenvalue weighted by Gasteiger charge is 2.24. The highest BCUT2D eigenvalue weighted by atomic mass is 32.1. The third-order valence-corrected chi connectivity index (χ3v) is 10.4. The summed E-state index contributed by atoms with van der Waals surface area (Å²) in [6.07, 6.45) is 0. The summed E-state index contributed by atoms with van der Waals surface area (Å²) in [4.78, 5) is 10.7. The van der Waals surface area contributed by atoms with Gasteiger partial charge in [0.15, 0.2) is 0 Å². The van der Waals surface area contributed by atoms with E-state index in [4.69, 9.17) is 9.97 Å². The van der Waals surface area contributed by atoms with Crippen molar-refractivity contribution in [3.63, 3.8) is 0 Å². The summed E-state index contributed by atoms with van der Waals surface area (Å²) in [6, 6.07) is 53.9. The van der Waals surface area contributed by atoms with Gasteiger partial charge in [-0.25, -0.2) is 9.97 Å². The fourth-order valence-corrected chi connectivity index (χ4v) is 8.43. The predicted molar refractivity (Wildman–Crippen MR) is 195 cm³/mol. The Morgan fingerprint density at radius 2 is 1.04 bits per heavy atom. The van der Waals surface area contributed by atoms with Crippen molar-refractivity contribution in [2.45, 2.75) is 0 Å². The van der Waals surface area contributed by atoms with Crippen LogP contribution in [0.25, 0.3) is 92.0 Å². The zero-order valence-corrected chi connectivity index (χ0v) is 25.5. The maximum absolute atomic E-state index is 5.36. The lowest BCUT2D eigenvalue weighted by molar-refractivity contribution is 0.999. The van der Waals surface area contributed by atoms with Crippen LogP contribution in [0.15, 0.2) is 152 Å². The maximum Gasteiger partial charge on any atom is 0.235 e. The Morgan fingerprint density at radius 3 is 1.76 bits per heavy atom. The molecule has 3 nitrogen and oxygen atoms in total. The van der Waals surface area contributed by atoms with E-state index in [9.17, 15) is 0 Å². The molecule has 3 heterocycles. The SMILES string of the molecule is c1ccc(-c2cc(-c3ccccc3)nc(-n3c4ccc5ccccc5c4c4c5ccccc5c5sc6ccccc6c5c43)n2)cc1. The number of benzene rings is 7. The van der Waals surface area contributed by atoms with E-state index in [1.165, 1.54) is 52.5 Å². The lowest BCUT2D eigenvalue weighted by atomic mass is 9.97. The van der Waals surface area contributed by atoms with Crippen LogP contribution in [-0.4, -0.2) is 14.5 Å². The number of fused-ring (bicyclic) bond motifs is 12. The molecule has 0 fully saturated rings. The molecule has 46 heavy (non-hydrogen) atoms. The van der Waals surface area contributed by atoms with Crippen LogP contribution in [0, 0.1) is 0 Å². The molecule has 0 radical (unpaired) electrons. The number of aromatic nitrogens is 3. The number of thiophene rings is 1. The number of hydrogen-bond acceptors (Lipinski definition) is 3. The monoisotopic (exact) mass is 603 g/mol. The van der Waals surface area contributed by atoms with Crippen molar-refractivity contribution in [1.82, 2.24) is 14.5 Å². The Hall–Kier alpha value is -5.84. The van der Waals surface area contributed by atoms with E-state index in [0.717, 1.165) is 33.5 Å². The van der Waals surface area contributed by atoms with Gasteiger partial charge in [-0.2, -0.15) is 0 Å². The van der Waals surface area contributed by atoms with Gasteiger partial charge in [0.25, 0.3) is 0 Å². The van der Waals surface area contributed by atoms with E-state index in [-0.39, 0.29) is 0 Å². The van der Waals surface area contributed by atoms with Crippen molar-refractivity contribution in [1.29, 1.82) is 0 Å². The summed E-state index contributed by atoms with van der Waals surface area (Å²) in [5.41, 5.74) is 6.17. The molecule has 0 saturated carbocycles. The van der Waals surface area contributed by atoms with Crippen molar-refractivity contribution in [3.05, 3.63) is 152 Å². The molecule has 214 valence electrons. The van der Waals surface area contributed by atoms with Crippen molar-refractivity contribution in [2.24, 2.45) is 0 Å². The summed E-state index contributed by atoms with van der Waals surface area (Å²) in [6.45, 7) is 0. The fourth-order valence-electron chi connectivity index (χ4n) is 7.18. The van der Waals surface area contributed by atoms with E-state index >= 15 is 0 Å². The molecule has 0 bridgehead atoms. The minimum absolute atomic E-state index is 0.669. The molecule has 10 aromatic rings. The molecule has 0 aliphatic carbocycles. The van der Waals surface area contributed by atoms with Gasteiger partial charge in [-0.05, 0) is 34.4 Å². The molecule has 0 spiro atoms. The predicted octanol–water partition coefficient (Wildman–Crippen LogP) is 11.6. The zero-order chi connectivity index (χ0) is 30.2. The second kappa shape index (κ2) is 9.83. The quantitative estimate of drug-likeness (QED) is 0.201. The molecule has 4 heteroatoms. The normalized spacial score (nSPS) is 11.9. The van der Waals surface area contributed by atoms with E-state index in [2.05, 4.69) is 144 Å². The highest BCUT2D eigenvalue weighted by molar-refractivity contribution is 7.27. The van der Waals surface area contributed by atoms with Gasteiger partial charge < -0.3 is 0 Å². The molecule has 0 aliphatic rings. The molecule has 0 N–H and O–H groups in total. The molecule has 7 aromatic carbocycles. The van der Waals surface area contributed by atoms with Gasteiger partial charge in [0.1, 0.15) is 0 Å². The molecule has 10 rings (SSSR count). The lowest BCUT2D eigenvalue weighted by Gasteiger charge is -2.13. The first kappa shape index (κ1) is 25.5. The van der Waals surface area contributed by atoms with Crippen LogP contribution in [-0.2, 0) is 0 Å². The first-order valence-corrected chi connectivity index (χ1v) is 16.3. The van der Waals surface area contributed by atoms with E-state index < -0.39 is 0 Å². The smallest absolute Gasteiger partial charge is 0.235 e. The van der Waals surface area contributed by atoms with E-state index in [1.807, 2.05) is 23.5 Å². The van der Waals surface area contributed by atoms with Gasteiger partial charge in [-0.3, -0.25) is 4.57 Å². The molecule has 3 aromatic heterocycles. The number of nitrogens with zero attached hydrogens (tertiary/aromatic N) is 3. The Morgan fingerprint density at radius 1 is 0.457 bits per heavy atom. The van der Waals surface area contributed by atoms with Crippen molar-refractivity contribution >= 4 is 74.9 Å². The molecule has 0 unspecified atom stereocenters. The maximum atomic E-state index is 5.36. The number of rotatable bonds is 3. The highest BCUT2D eigenvalue weighted by Crippen LogP contribution is 2.49. The molecule has 0 saturated heterocycles. The first-order chi connectivity index (χ1) is 22.8. The fraction of sp³-hybridized carbons (Fsp3) is 0. The standard InChI is InChI=1S/C42H25N3S/c1-3-14-27(15-4-1)33-25-34(28-16-5-2-6-17-28)44-42(43-33)45-35-24-23-26-13-7-8-18-29(26)37(35)38-30-19-9-10-20-31(30)41-39(40(38)45)32-21-11-12-22-36(32)46-41/h1-25H. The Bertz CT molecular complexity index is 2740. The largest absolute Gasteiger partial charge is 0.277 e. The minimum Gasteiger partial charge on any atom is -0.277 e. The Balaban J connectivity index is 1.47. The van der Waals surface area contributed by atoms with Gasteiger partial charge >= 0.3 is 0 Å². The van der Waals surface area contributed by atoms with Crippen LogP contribution in [0.4, 0.5) is 0 Å². The summed E-state index contributed by atoms with van der Waals surface area (Å²) >= 11 is 1.87. The summed E-state index contributed by atoms with van der Waals surface area (Å²) in [5, 5.41) is 9.97. The van der Waals surface area contributed by atoms with Crippen molar-refractivity contribution < 1.29 is 0 Å². The third kappa shape index (κ3) is 3.65. The average Bonchev–Trinajstić information content (AvgIpc) is 3.69. The van der Waals surface area contributed by atoms with Crippen LogP contribution in [0.2, 0.25) is 0 Å². The van der Waals surface area contributed by atoms with Crippen molar-refractivity contribution in [3.8, 4) is 28.5 Å². The van der Waals surface area contributed by atoms with Gasteiger partial charge in [-0.1, -0.05) is 133 Å². The third-order valence-electron chi connectivity index (χ3n) is 9.19. The van der Waals surface area contributed by atoms with Gasteiger partial charge in [0.2, 0.25) is 5.95 Å². The van der Waals surface area contributed by atoms with Crippen LogP contribution < -0.4 is 0 Å². The average molecular weight is 604 g/mol. The topological polar surface area (TPSA) is 30.7 Å². The lowest BCUT2D eigenvalue weighted by Crippen LogP contribution is -2.04.